The van der Waals surface area contributed by atoms with E-state index < -0.39 is 0 Å². The van der Waals surface area contributed by atoms with Gasteiger partial charge in [0, 0.05) is 32.3 Å². The first kappa shape index (κ1) is 12.3. The van der Waals surface area contributed by atoms with E-state index in [1.54, 1.807) is 12.4 Å². The number of nitrogens with zero attached hydrogens (tertiary/aromatic N) is 2. The summed E-state index contributed by atoms with van der Waals surface area (Å²) < 4.78 is 0. The normalized spacial score (nSPS) is 31.9. The molecule has 3 aliphatic rings. The summed E-state index contributed by atoms with van der Waals surface area (Å²) in [5, 5.41) is 2.94. The Morgan fingerprint density at radius 3 is 2.80 bits per heavy atom. The third-order valence-corrected chi connectivity index (χ3v) is 5.03. The Morgan fingerprint density at radius 1 is 1.35 bits per heavy atom. The van der Waals surface area contributed by atoms with Gasteiger partial charge in [-0.05, 0) is 48.6 Å². The summed E-state index contributed by atoms with van der Waals surface area (Å²) >= 11 is 0. The second-order valence-corrected chi connectivity index (χ2v) is 6.65. The van der Waals surface area contributed by atoms with E-state index in [-0.39, 0.29) is 5.91 Å². The molecule has 1 aliphatic heterocycles. The highest BCUT2D eigenvalue weighted by Crippen LogP contribution is 2.54. The zero-order valence-corrected chi connectivity index (χ0v) is 11.7. The van der Waals surface area contributed by atoms with E-state index in [4.69, 9.17) is 0 Å². The highest BCUT2D eigenvalue weighted by atomic mass is 16.1. The molecule has 3 atom stereocenters. The van der Waals surface area contributed by atoms with Crippen molar-refractivity contribution >= 4 is 11.6 Å². The number of anilines is 1. The molecule has 2 saturated carbocycles. The predicted octanol–water partition coefficient (Wildman–Crippen LogP) is 2.00. The second kappa shape index (κ2) is 4.85. The summed E-state index contributed by atoms with van der Waals surface area (Å²) in [5.41, 5.74) is 0.804. The molecule has 1 unspecified atom stereocenters. The number of fused-ring (bicyclic) bond motifs is 1. The topological polar surface area (TPSA) is 45.2 Å². The number of amides is 1. The molecule has 4 rings (SSSR count). The number of aromatic nitrogens is 1. The molecule has 0 spiro atoms. The monoisotopic (exact) mass is 271 g/mol. The Balaban J connectivity index is 1.23. The first-order valence-corrected chi connectivity index (χ1v) is 7.72. The first-order valence-electron chi connectivity index (χ1n) is 7.72. The van der Waals surface area contributed by atoms with Gasteiger partial charge < -0.3 is 10.2 Å². The van der Waals surface area contributed by atoms with Gasteiger partial charge in [-0.2, -0.15) is 0 Å². The highest BCUT2D eigenvalue weighted by molar-refractivity contribution is 5.90. The van der Waals surface area contributed by atoms with Crippen molar-refractivity contribution in [2.45, 2.75) is 19.3 Å². The van der Waals surface area contributed by atoms with Crippen molar-refractivity contribution in [2.24, 2.45) is 23.7 Å². The Hall–Kier alpha value is -1.42. The van der Waals surface area contributed by atoms with Crippen LogP contribution < -0.4 is 5.32 Å². The summed E-state index contributed by atoms with van der Waals surface area (Å²) in [6.45, 7) is 3.76. The minimum atomic E-state index is 0.145. The van der Waals surface area contributed by atoms with Crippen LogP contribution in [0.25, 0.3) is 0 Å². The summed E-state index contributed by atoms with van der Waals surface area (Å²) in [6, 6.07) is 3.73. The quantitative estimate of drug-likeness (QED) is 0.891. The molecule has 3 fully saturated rings. The molecule has 4 nitrogen and oxygen atoms in total. The minimum Gasteiger partial charge on any atom is -0.325 e. The van der Waals surface area contributed by atoms with Crippen LogP contribution in [0.4, 0.5) is 5.69 Å². The molecule has 1 amide bonds. The fraction of sp³-hybridized carbons (Fsp3) is 0.625. The Kier molecular flexibility index (Phi) is 2.99. The zero-order chi connectivity index (χ0) is 13.5. The molecule has 1 aromatic rings. The fourth-order valence-electron chi connectivity index (χ4n) is 3.72. The largest absolute Gasteiger partial charge is 0.325 e. The maximum atomic E-state index is 12.0. The number of likely N-dealkylation sites (tertiary alicyclic amines) is 1. The van der Waals surface area contributed by atoms with Crippen LogP contribution >= 0.6 is 0 Å². The van der Waals surface area contributed by atoms with Crippen LogP contribution in [0.2, 0.25) is 0 Å². The molecule has 2 aliphatic carbocycles. The molecule has 1 N–H and O–H groups in total. The summed E-state index contributed by atoms with van der Waals surface area (Å²) in [5.74, 6) is 3.33. The predicted molar refractivity (Wildman–Crippen MR) is 77.1 cm³/mol. The lowest BCUT2D eigenvalue weighted by Gasteiger charge is -2.18. The molecule has 0 radical (unpaired) electrons. The van der Waals surface area contributed by atoms with Gasteiger partial charge in [0.2, 0.25) is 5.91 Å². The van der Waals surface area contributed by atoms with E-state index in [0.29, 0.717) is 12.3 Å². The van der Waals surface area contributed by atoms with Crippen LogP contribution in [0.1, 0.15) is 19.3 Å². The SMILES string of the molecule is O=C(CC1[C@H]2CN(CC3CC3)C[C@@H]12)Nc1cccnc1. The second-order valence-electron chi connectivity index (χ2n) is 6.65. The van der Waals surface area contributed by atoms with E-state index in [9.17, 15) is 4.79 Å². The van der Waals surface area contributed by atoms with Crippen molar-refractivity contribution in [1.29, 1.82) is 0 Å². The fourth-order valence-corrected chi connectivity index (χ4v) is 3.72. The highest BCUT2D eigenvalue weighted by Gasteiger charge is 2.56. The van der Waals surface area contributed by atoms with Crippen molar-refractivity contribution in [3.05, 3.63) is 24.5 Å². The van der Waals surface area contributed by atoms with Crippen LogP contribution in [0.5, 0.6) is 0 Å². The minimum absolute atomic E-state index is 0.145. The smallest absolute Gasteiger partial charge is 0.224 e. The number of hydrogen-bond donors (Lipinski definition) is 1. The zero-order valence-electron chi connectivity index (χ0n) is 11.7. The number of carbonyl (C=O) groups is 1. The number of rotatable bonds is 5. The third-order valence-electron chi connectivity index (χ3n) is 5.03. The summed E-state index contributed by atoms with van der Waals surface area (Å²) in [4.78, 5) is 18.6. The van der Waals surface area contributed by atoms with E-state index in [1.807, 2.05) is 12.1 Å². The van der Waals surface area contributed by atoms with Crippen LogP contribution in [0, 0.1) is 23.7 Å². The van der Waals surface area contributed by atoms with E-state index in [2.05, 4.69) is 15.2 Å². The molecule has 1 aromatic heterocycles. The van der Waals surface area contributed by atoms with Crippen molar-refractivity contribution in [2.75, 3.05) is 25.0 Å². The molecular formula is C16H21N3O. The van der Waals surface area contributed by atoms with E-state index in [1.165, 1.54) is 32.5 Å². The van der Waals surface area contributed by atoms with Crippen molar-refractivity contribution < 1.29 is 4.79 Å². The van der Waals surface area contributed by atoms with E-state index >= 15 is 0 Å². The van der Waals surface area contributed by atoms with Gasteiger partial charge in [0.15, 0.2) is 0 Å². The molecule has 2 heterocycles. The molecular weight excluding hydrogens is 250 g/mol. The lowest BCUT2D eigenvalue weighted by atomic mass is 10.1. The van der Waals surface area contributed by atoms with Crippen LogP contribution in [-0.4, -0.2) is 35.4 Å². The maximum Gasteiger partial charge on any atom is 0.224 e. The maximum absolute atomic E-state index is 12.0. The Bertz CT molecular complexity index is 488. The average Bonchev–Trinajstić information content (AvgIpc) is 3.31. The lowest BCUT2D eigenvalue weighted by Crippen LogP contribution is -2.27. The molecule has 20 heavy (non-hydrogen) atoms. The summed E-state index contributed by atoms with van der Waals surface area (Å²) in [6.07, 6.45) is 6.96. The number of carbonyl (C=O) groups excluding carboxylic acids is 1. The molecule has 0 aromatic carbocycles. The van der Waals surface area contributed by atoms with E-state index in [0.717, 1.165) is 23.4 Å². The van der Waals surface area contributed by atoms with Crippen molar-refractivity contribution in [3.8, 4) is 0 Å². The molecule has 0 bridgehead atoms. The number of pyridine rings is 1. The number of piperidine rings is 1. The van der Waals surface area contributed by atoms with Gasteiger partial charge in [-0.1, -0.05) is 0 Å². The Labute approximate surface area is 119 Å². The average molecular weight is 271 g/mol. The van der Waals surface area contributed by atoms with Gasteiger partial charge in [0.1, 0.15) is 0 Å². The Morgan fingerprint density at radius 2 is 2.15 bits per heavy atom. The van der Waals surface area contributed by atoms with Crippen LogP contribution in [0.3, 0.4) is 0 Å². The molecule has 106 valence electrons. The number of nitrogens with one attached hydrogen (secondary N) is 1. The lowest BCUT2D eigenvalue weighted by molar-refractivity contribution is -0.116. The van der Waals surface area contributed by atoms with Crippen molar-refractivity contribution in [1.82, 2.24) is 9.88 Å². The van der Waals surface area contributed by atoms with Gasteiger partial charge in [0.05, 0.1) is 11.9 Å². The molecule has 1 saturated heterocycles. The van der Waals surface area contributed by atoms with Crippen LogP contribution in [0.15, 0.2) is 24.5 Å². The van der Waals surface area contributed by atoms with Crippen LogP contribution in [-0.2, 0) is 4.79 Å². The third kappa shape index (κ3) is 2.57. The van der Waals surface area contributed by atoms with Gasteiger partial charge in [0.25, 0.3) is 0 Å². The first-order chi connectivity index (χ1) is 9.79. The van der Waals surface area contributed by atoms with Gasteiger partial charge in [-0.25, -0.2) is 0 Å². The van der Waals surface area contributed by atoms with Gasteiger partial charge in [-0.15, -0.1) is 0 Å². The van der Waals surface area contributed by atoms with Gasteiger partial charge >= 0.3 is 0 Å². The standard InChI is InChI=1S/C16H21N3O/c20-16(18-12-2-1-5-17-7-12)6-13-14-9-19(10-15(13)14)8-11-3-4-11/h1-2,5,7,11,13-15H,3-4,6,8-10H2,(H,18,20)/t13?,14-,15+. The summed E-state index contributed by atoms with van der Waals surface area (Å²) in [7, 11) is 0. The number of hydrogen-bond acceptors (Lipinski definition) is 3. The van der Waals surface area contributed by atoms with Crippen molar-refractivity contribution in [3.63, 3.8) is 0 Å². The van der Waals surface area contributed by atoms with Gasteiger partial charge in [-0.3, -0.25) is 9.78 Å². The molecule has 4 heteroatoms.